The number of rotatable bonds is 2. The number of benzene rings is 2. The highest BCUT2D eigenvalue weighted by molar-refractivity contribution is 5.80. The van der Waals surface area contributed by atoms with Gasteiger partial charge >= 0.3 is 5.69 Å². The monoisotopic (exact) mass is 306 g/mol. The molecule has 112 valence electrons. The molecule has 0 spiro atoms. The Hall–Kier alpha value is -3.28. The molecular weight excluding hydrogens is 295 g/mol. The molecule has 6 heteroatoms. The number of aromatic nitrogens is 4. The first-order valence-corrected chi connectivity index (χ1v) is 7.02. The number of fused-ring (bicyclic) bond motifs is 1. The average molecular weight is 306 g/mol. The van der Waals surface area contributed by atoms with E-state index in [2.05, 4.69) is 15.3 Å². The van der Waals surface area contributed by atoms with E-state index in [-0.39, 0.29) is 5.82 Å². The lowest BCUT2D eigenvalue weighted by atomic mass is 10.0. The minimum atomic E-state index is -0.416. The van der Waals surface area contributed by atoms with E-state index in [9.17, 15) is 9.18 Å². The van der Waals surface area contributed by atoms with Gasteiger partial charge in [0, 0.05) is 11.1 Å². The zero-order valence-corrected chi connectivity index (χ0v) is 11.9. The fourth-order valence-electron chi connectivity index (χ4n) is 2.49. The summed E-state index contributed by atoms with van der Waals surface area (Å²) >= 11 is 0. The number of hydrogen-bond acceptors (Lipinski definition) is 3. The molecular formula is C17H11FN4O. The summed E-state index contributed by atoms with van der Waals surface area (Å²) in [7, 11) is 0. The first kappa shape index (κ1) is 13.4. The molecule has 0 saturated carbocycles. The number of H-pyrrole nitrogens is 1. The minimum absolute atomic E-state index is 0.321. The van der Waals surface area contributed by atoms with Crippen molar-refractivity contribution in [1.82, 2.24) is 19.8 Å². The van der Waals surface area contributed by atoms with Crippen LogP contribution in [-0.4, -0.2) is 19.8 Å². The topological polar surface area (TPSA) is 63.0 Å². The summed E-state index contributed by atoms with van der Waals surface area (Å²) in [5.74, 6) is -0.321. The van der Waals surface area contributed by atoms with Crippen molar-refractivity contribution >= 4 is 5.65 Å². The van der Waals surface area contributed by atoms with Gasteiger partial charge < -0.3 is 0 Å². The second-order valence-electron chi connectivity index (χ2n) is 5.08. The van der Waals surface area contributed by atoms with Gasteiger partial charge in [0.05, 0.1) is 5.69 Å². The van der Waals surface area contributed by atoms with Crippen LogP contribution in [0.25, 0.3) is 28.0 Å². The van der Waals surface area contributed by atoms with Crippen molar-refractivity contribution in [3.8, 4) is 22.4 Å². The van der Waals surface area contributed by atoms with Crippen LogP contribution in [0.4, 0.5) is 4.39 Å². The summed E-state index contributed by atoms with van der Waals surface area (Å²) in [6.45, 7) is 0. The maximum absolute atomic E-state index is 13.1. The van der Waals surface area contributed by atoms with E-state index < -0.39 is 5.69 Å². The molecule has 4 rings (SSSR count). The van der Waals surface area contributed by atoms with Gasteiger partial charge in [0.25, 0.3) is 0 Å². The Bertz CT molecular complexity index is 1040. The molecule has 2 aromatic heterocycles. The molecule has 0 saturated heterocycles. The molecule has 0 atom stereocenters. The molecule has 23 heavy (non-hydrogen) atoms. The molecule has 0 bridgehead atoms. The summed E-state index contributed by atoms with van der Waals surface area (Å²) in [5.41, 5.74) is 3.02. The van der Waals surface area contributed by atoms with Crippen LogP contribution < -0.4 is 5.69 Å². The van der Waals surface area contributed by atoms with E-state index in [1.165, 1.54) is 16.6 Å². The molecule has 0 amide bonds. The third-order valence-electron chi connectivity index (χ3n) is 3.60. The highest BCUT2D eigenvalue weighted by atomic mass is 19.1. The fraction of sp³-hybridized carbons (Fsp3) is 0. The molecule has 0 aliphatic heterocycles. The second kappa shape index (κ2) is 5.17. The largest absolute Gasteiger partial charge is 0.364 e. The van der Waals surface area contributed by atoms with E-state index in [0.717, 1.165) is 16.7 Å². The van der Waals surface area contributed by atoms with Crippen molar-refractivity contribution in [3.05, 3.63) is 77.0 Å². The van der Waals surface area contributed by atoms with Gasteiger partial charge in [-0.05, 0) is 35.9 Å². The minimum Gasteiger partial charge on any atom is -0.244 e. The van der Waals surface area contributed by atoms with Gasteiger partial charge in [-0.2, -0.15) is 14.7 Å². The molecule has 0 radical (unpaired) electrons. The van der Waals surface area contributed by atoms with Crippen molar-refractivity contribution < 1.29 is 4.39 Å². The Morgan fingerprint density at radius 1 is 0.957 bits per heavy atom. The van der Waals surface area contributed by atoms with E-state index in [1.807, 2.05) is 36.4 Å². The van der Waals surface area contributed by atoms with Crippen LogP contribution in [0.5, 0.6) is 0 Å². The quantitative estimate of drug-likeness (QED) is 0.619. The smallest absolute Gasteiger partial charge is 0.244 e. The molecule has 0 fully saturated rings. The molecule has 1 N–H and O–H groups in total. The Balaban J connectivity index is 2.02. The normalized spacial score (nSPS) is 11.0. The second-order valence-corrected chi connectivity index (χ2v) is 5.08. The Morgan fingerprint density at radius 2 is 1.70 bits per heavy atom. The lowest BCUT2D eigenvalue weighted by Crippen LogP contribution is -2.13. The molecule has 0 aliphatic rings. The summed E-state index contributed by atoms with van der Waals surface area (Å²) in [4.78, 5) is 11.9. The standard InChI is InChI=1S/C17H11FN4O/c18-13-8-6-12(7-9-13)15-10-14(11-4-2-1-3-5-11)16-19-20-17(23)22(16)21-15/h1-10H,(H,20,23). The Labute approximate surface area is 130 Å². The van der Waals surface area contributed by atoms with Crippen molar-refractivity contribution in [2.24, 2.45) is 0 Å². The van der Waals surface area contributed by atoms with Gasteiger partial charge in [0.1, 0.15) is 5.82 Å². The maximum Gasteiger partial charge on any atom is 0.364 e. The zero-order valence-electron chi connectivity index (χ0n) is 11.9. The lowest BCUT2D eigenvalue weighted by molar-refractivity contribution is 0.628. The molecule has 5 nitrogen and oxygen atoms in total. The average Bonchev–Trinajstić information content (AvgIpc) is 2.97. The first-order chi connectivity index (χ1) is 11.2. The van der Waals surface area contributed by atoms with Gasteiger partial charge in [-0.1, -0.05) is 30.3 Å². The predicted octanol–water partition coefficient (Wildman–Crippen LogP) is 2.89. The van der Waals surface area contributed by atoms with Crippen LogP contribution in [0.3, 0.4) is 0 Å². The van der Waals surface area contributed by atoms with Crippen molar-refractivity contribution in [1.29, 1.82) is 0 Å². The van der Waals surface area contributed by atoms with E-state index in [0.29, 0.717) is 11.3 Å². The molecule has 2 aromatic carbocycles. The SMILES string of the molecule is O=c1[nH]nc2c(-c3ccccc3)cc(-c3ccc(F)cc3)nn12. The molecule has 2 heterocycles. The van der Waals surface area contributed by atoms with E-state index in [1.54, 1.807) is 12.1 Å². The van der Waals surface area contributed by atoms with Gasteiger partial charge in [0.2, 0.25) is 0 Å². The molecule has 4 aromatic rings. The van der Waals surface area contributed by atoms with Crippen LogP contribution in [-0.2, 0) is 0 Å². The maximum atomic E-state index is 13.1. The van der Waals surface area contributed by atoms with Crippen LogP contribution in [0.15, 0.2) is 65.5 Å². The zero-order chi connectivity index (χ0) is 15.8. The van der Waals surface area contributed by atoms with Crippen LogP contribution in [0.1, 0.15) is 0 Å². The summed E-state index contributed by atoms with van der Waals surface area (Å²) in [6.07, 6.45) is 0. The highest BCUT2D eigenvalue weighted by Crippen LogP contribution is 2.27. The molecule has 0 unspecified atom stereocenters. The van der Waals surface area contributed by atoms with E-state index >= 15 is 0 Å². The Kier molecular flexibility index (Phi) is 3.01. The summed E-state index contributed by atoms with van der Waals surface area (Å²) < 4.78 is 14.3. The number of nitrogens with zero attached hydrogens (tertiary/aromatic N) is 3. The van der Waals surface area contributed by atoms with E-state index in [4.69, 9.17) is 0 Å². The van der Waals surface area contributed by atoms with Crippen LogP contribution >= 0.6 is 0 Å². The Morgan fingerprint density at radius 3 is 2.43 bits per heavy atom. The van der Waals surface area contributed by atoms with Gasteiger partial charge in [0.15, 0.2) is 5.65 Å². The van der Waals surface area contributed by atoms with Crippen molar-refractivity contribution in [2.75, 3.05) is 0 Å². The van der Waals surface area contributed by atoms with Crippen molar-refractivity contribution in [2.45, 2.75) is 0 Å². The van der Waals surface area contributed by atoms with Crippen molar-refractivity contribution in [3.63, 3.8) is 0 Å². The molecule has 0 aliphatic carbocycles. The fourth-order valence-corrected chi connectivity index (χ4v) is 2.49. The van der Waals surface area contributed by atoms with Gasteiger partial charge in [-0.15, -0.1) is 0 Å². The third kappa shape index (κ3) is 2.30. The number of halogens is 1. The number of hydrogen-bond donors (Lipinski definition) is 1. The predicted molar refractivity (Wildman–Crippen MR) is 84.4 cm³/mol. The third-order valence-corrected chi connectivity index (χ3v) is 3.60. The summed E-state index contributed by atoms with van der Waals surface area (Å²) in [6, 6.07) is 17.4. The van der Waals surface area contributed by atoms with Gasteiger partial charge in [-0.3, -0.25) is 0 Å². The highest BCUT2D eigenvalue weighted by Gasteiger charge is 2.13. The number of aromatic amines is 1. The summed E-state index contributed by atoms with van der Waals surface area (Å²) in [5, 5.41) is 10.8. The van der Waals surface area contributed by atoms with Gasteiger partial charge in [-0.25, -0.2) is 14.3 Å². The lowest BCUT2D eigenvalue weighted by Gasteiger charge is -2.07. The van der Waals surface area contributed by atoms with Crippen LogP contribution in [0, 0.1) is 5.82 Å². The van der Waals surface area contributed by atoms with Crippen LogP contribution in [0.2, 0.25) is 0 Å². The number of nitrogens with one attached hydrogen (secondary N) is 1. The first-order valence-electron chi connectivity index (χ1n) is 7.02.